The first-order valence-electron chi connectivity index (χ1n) is 6.87. The third-order valence-electron chi connectivity index (χ3n) is 3.03. The molecular formula is C16H14BrClN2O4. The van der Waals surface area contributed by atoms with Gasteiger partial charge >= 0.3 is 5.97 Å². The van der Waals surface area contributed by atoms with Crippen molar-refractivity contribution in [3.8, 4) is 5.75 Å². The number of anilines is 1. The highest BCUT2D eigenvalue weighted by Crippen LogP contribution is 2.23. The minimum atomic E-state index is -1.01. The highest BCUT2D eigenvalue weighted by atomic mass is 79.9. The number of esters is 1. The minimum absolute atomic E-state index is 0.263. The highest BCUT2D eigenvalue weighted by molar-refractivity contribution is 9.10. The van der Waals surface area contributed by atoms with Crippen molar-refractivity contribution in [3.05, 3.63) is 51.6 Å². The van der Waals surface area contributed by atoms with E-state index in [1.54, 1.807) is 24.3 Å². The van der Waals surface area contributed by atoms with Gasteiger partial charge in [-0.2, -0.15) is 0 Å². The predicted octanol–water partition coefficient (Wildman–Crippen LogP) is 3.69. The van der Waals surface area contributed by atoms with Crippen molar-refractivity contribution in [2.24, 2.45) is 0 Å². The molecule has 1 amide bonds. The number of amides is 1. The number of nitrogens with one attached hydrogen (secondary N) is 1. The summed E-state index contributed by atoms with van der Waals surface area (Å²) in [4.78, 5) is 28.2. The second-order valence-corrected chi connectivity index (χ2v) is 6.03. The summed E-state index contributed by atoms with van der Waals surface area (Å²) in [5.41, 5.74) is 0.263. The van der Waals surface area contributed by atoms with Crippen molar-refractivity contribution in [1.82, 2.24) is 4.98 Å². The van der Waals surface area contributed by atoms with E-state index in [0.717, 1.165) is 0 Å². The van der Waals surface area contributed by atoms with Crippen molar-refractivity contribution < 1.29 is 19.1 Å². The first-order valence-corrected chi connectivity index (χ1v) is 8.04. The monoisotopic (exact) mass is 412 g/mol. The van der Waals surface area contributed by atoms with E-state index < -0.39 is 18.0 Å². The summed E-state index contributed by atoms with van der Waals surface area (Å²) in [5.74, 6) is -0.327. The van der Waals surface area contributed by atoms with E-state index in [4.69, 9.17) is 21.1 Å². The maximum absolute atomic E-state index is 12.2. The number of nitrogens with zero attached hydrogens (tertiary/aromatic N) is 1. The van der Waals surface area contributed by atoms with Crippen LogP contribution in [0.15, 0.2) is 41.0 Å². The number of aromatic nitrogens is 1. The number of carbonyl (C=O) groups is 2. The van der Waals surface area contributed by atoms with Gasteiger partial charge in [0.05, 0.1) is 17.7 Å². The van der Waals surface area contributed by atoms with Crippen LogP contribution < -0.4 is 10.1 Å². The Labute approximate surface area is 152 Å². The lowest BCUT2D eigenvalue weighted by Gasteiger charge is -2.14. The van der Waals surface area contributed by atoms with Crippen LogP contribution in [0.3, 0.4) is 0 Å². The number of rotatable bonds is 5. The van der Waals surface area contributed by atoms with Crippen LogP contribution in [-0.4, -0.2) is 30.1 Å². The van der Waals surface area contributed by atoms with Crippen LogP contribution >= 0.6 is 27.5 Å². The van der Waals surface area contributed by atoms with Gasteiger partial charge in [0.1, 0.15) is 11.6 Å². The lowest BCUT2D eigenvalue weighted by atomic mass is 10.2. The van der Waals surface area contributed by atoms with Gasteiger partial charge in [-0.15, -0.1) is 0 Å². The Morgan fingerprint density at radius 2 is 2.04 bits per heavy atom. The quantitative estimate of drug-likeness (QED) is 0.757. The van der Waals surface area contributed by atoms with Gasteiger partial charge in [-0.05, 0) is 53.2 Å². The maximum atomic E-state index is 12.2. The number of ether oxygens (including phenoxy) is 2. The fourth-order valence-electron chi connectivity index (χ4n) is 1.74. The molecule has 6 nitrogen and oxygen atoms in total. The van der Waals surface area contributed by atoms with Crippen LogP contribution in [0, 0.1) is 0 Å². The molecule has 0 saturated heterocycles. The molecule has 126 valence electrons. The molecule has 0 aliphatic rings. The summed E-state index contributed by atoms with van der Waals surface area (Å²) in [6, 6.07) is 8.03. The molecule has 0 unspecified atom stereocenters. The fraction of sp³-hybridized carbons (Fsp3) is 0.188. The zero-order chi connectivity index (χ0) is 17.7. The molecule has 0 spiro atoms. The Hall–Kier alpha value is -2.12. The number of hydrogen-bond acceptors (Lipinski definition) is 5. The second kappa shape index (κ2) is 8.12. The Balaban J connectivity index is 2.02. The summed E-state index contributed by atoms with van der Waals surface area (Å²) in [7, 11) is 1.49. The smallest absolute Gasteiger partial charge is 0.340 e. The molecule has 1 aromatic carbocycles. The average molecular weight is 414 g/mol. The van der Waals surface area contributed by atoms with Crippen molar-refractivity contribution >= 4 is 45.2 Å². The molecule has 2 aromatic rings. The summed E-state index contributed by atoms with van der Waals surface area (Å²) >= 11 is 9.00. The summed E-state index contributed by atoms with van der Waals surface area (Å²) in [6.45, 7) is 1.47. The van der Waals surface area contributed by atoms with E-state index in [2.05, 4.69) is 26.2 Å². The van der Waals surface area contributed by atoms with Gasteiger partial charge in [0, 0.05) is 10.7 Å². The van der Waals surface area contributed by atoms with Crippen LogP contribution in [0.1, 0.15) is 17.3 Å². The Morgan fingerprint density at radius 1 is 1.29 bits per heavy atom. The number of carbonyl (C=O) groups excluding carboxylic acids is 2. The average Bonchev–Trinajstić information content (AvgIpc) is 2.57. The summed E-state index contributed by atoms with van der Waals surface area (Å²) in [5, 5.41) is 2.99. The van der Waals surface area contributed by atoms with E-state index in [9.17, 15) is 9.59 Å². The molecule has 0 bridgehead atoms. The van der Waals surface area contributed by atoms with Crippen LogP contribution in [0.25, 0.3) is 0 Å². The Morgan fingerprint density at radius 3 is 2.67 bits per heavy atom. The van der Waals surface area contributed by atoms with Gasteiger partial charge in [0.15, 0.2) is 6.10 Å². The molecule has 0 fully saturated rings. The van der Waals surface area contributed by atoms with Gasteiger partial charge in [-0.1, -0.05) is 11.6 Å². The largest absolute Gasteiger partial charge is 0.497 e. The standard InChI is InChI=1S/C16H14BrClN2O4/c1-9(15(21)20-14-6-3-10(18)8-19-14)24-16(22)12-7-11(23-2)4-5-13(12)17/h3-9H,1-2H3,(H,19,20,21)/t9-/m0/s1. The zero-order valence-corrected chi connectivity index (χ0v) is 15.2. The summed E-state index contributed by atoms with van der Waals surface area (Å²) in [6.07, 6.45) is 0.398. The molecule has 0 aliphatic carbocycles. The van der Waals surface area contributed by atoms with Crippen molar-refractivity contribution in [2.45, 2.75) is 13.0 Å². The van der Waals surface area contributed by atoms with Crippen LogP contribution in [0.4, 0.5) is 5.82 Å². The molecule has 0 saturated carbocycles. The number of pyridine rings is 1. The molecule has 24 heavy (non-hydrogen) atoms. The van der Waals surface area contributed by atoms with Crippen molar-refractivity contribution in [2.75, 3.05) is 12.4 Å². The third-order valence-corrected chi connectivity index (χ3v) is 3.94. The lowest BCUT2D eigenvalue weighted by molar-refractivity contribution is -0.123. The normalized spacial score (nSPS) is 11.5. The molecule has 1 N–H and O–H groups in total. The second-order valence-electron chi connectivity index (χ2n) is 4.74. The SMILES string of the molecule is COc1ccc(Br)c(C(=O)O[C@@H](C)C(=O)Nc2ccc(Cl)cn2)c1. The number of hydrogen-bond donors (Lipinski definition) is 1. The van der Waals surface area contributed by atoms with Crippen molar-refractivity contribution in [1.29, 1.82) is 0 Å². The minimum Gasteiger partial charge on any atom is -0.497 e. The lowest BCUT2D eigenvalue weighted by Crippen LogP contribution is -2.30. The van der Waals surface area contributed by atoms with Gasteiger partial charge in [0.25, 0.3) is 5.91 Å². The number of halogens is 2. The van der Waals surface area contributed by atoms with Crippen LogP contribution in [0.2, 0.25) is 5.02 Å². The zero-order valence-electron chi connectivity index (χ0n) is 12.9. The van der Waals surface area contributed by atoms with E-state index in [1.165, 1.54) is 26.3 Å². The highest BCUT2D eigenvalue weighted by Gasteiger charge is 2.21. The van der Waals surface area contributed by atoms with Gasteiger partial charge < -0.3 is 14.8 Å². The van der Waals surface area contributed by atoms with E-state index in [-0.39, 0.29) is 5.56 Å². The third kappa shape index (κ3) is 4.69. The van der Waals surface area contributed by atoms with Gasteiger partial charge in [-0.25, -0.2) is 9.78 Å². The predicted molar refractivity (Wildman–Crippen MR) is 93.4 cm³/mol. The molecule has 0 radical (unpaired) electrons. The molecule has 2 rings (SSSR count). The molecule has 8 heteroatoms. The molecule has 1 atom stereocenters. The number of methoxy groups -OCH3 is 1. The van der Waals surface area contributed by atoms with E-state index in [1.807, 2.05) is 0 Å². The maximum Gasteiger partial charge on any atom is 0.340 e. The molecule has 1 aromatic heterocycles. The van der Waals surface area contributed by atoms with Crippen LogP contribution in [-0.2, 0) is 9.53 Å². The van der Waals surface area contributed by atoms with E-state index in [0.29, 0.717) is 21.1 Å². The first-order chi connectivity index (χ1) is 11.4. The molecule has 1 heterocycles. The molecule has 0 aliphatic heterocycles. The fourth-order valence-corrected chi connectivity index (χ4v) is 2.26. The molecular weight excluding hydrogens is 400 g/mol. The number of benzene rings is 1. The van der Waals surface area contributed by atoms with E-state index >= 15 is 0 Å². The van der Waals surface area contributed by atoms with Gasteiger partial charge in [0.2, 0.25) is 0 Å². The van der Waals surface area contributed by atoms with Crippen LogP contribution in [0.5, 0.6) is 5.75 Å². The topological polar surface area (TPSA) is 77.5 Å². The van der Waals surface area contributed by atoms with Crippen molar-refractivity contribution in [3.63, 3.8) is 0 Å². The summed E-state index contributed by atoms with van der Waals surface area (Å²) < 4.78 is 10.8. The van der Waals surface area contributed by atoms with Gasteiger partial charge in [-0.3, -0.25) is 4.79 Å². The Bertz CT molecular complexity index is 752. The Kier molecular flexibility index (Phi) is 6.16. The first kappa shape index (κ1) is 18.2.